The summed E-state index contributed by atoms with van der Waals surface area (Å²) in [7, 11) is 0. The van der Waals surface area contributed by atoms with Crippen molar-refractivity contribution in [1.82, 2.24) is 10.2 Å². The largest absolute Gasteiger partial charge is 0.423 e. The van der Waals surface area contributed by atoms with Crippen LogP contribution in [0, 0.1) is 0 Å². The van der Waals surface area contributed by atoms with Crippen molar-refractivity contribution in [2.45, 2.75) is 0 Å². The first-order chi connectivity index (χ1) is 13.2. The third-order valence-corrected chi connectivity index (χ3v) is 4.09. The average Bonchev–Trinajstić information content (AvgIpc) is 3.21. The number of benzene rings is 3. The van der Waals surface area contributed by atoms with Crippen LogP contribution in [-0.2, 0) is 0 Å². The number of ether oxygens (including phenoxy) is 1. The van der Waals surface area contributed by atoms with Crippen molar-refractivity contribution in [2.75, 3.05) is 0 Å². The SMILES string of the molecule is O=C(Oc1ccc(Cl)cc1)c1ccc(-c2nnc(-c3ccccc3)o2)cc1. The molecule has 1 heterocycles. The van der Waals surface area contributed by atoms with Gasteiger partial charge in [0, 0.05) is 16.1 Å². The highest BCUT2D eigenvalue weighted by molar-refractivity contribution is 6.30. The Morgan fingerprint density at radius 2 is 1.37 bits per heavy atom. The molecule has 5 nitrogen and oxygen atoms in total. The number of aromatic nitrogens is 2. The van der Waals surface area contributed by atoms with Gasteiger partial charge in [0.05, 0.1) is 5.56 Å². The minimum absolute atomic E-state index is 0.381. The molecular weight excluding hydrogens is 364 g/mol. The van der Waals surface area contributed by atoms with Crippen LogP contribution in [0.1, 0.15) is 10.4 Å². The summed E-state index contributed by atoms with van der Waals surface area (Å²) in [5.41, 5.74) is 1.98. The first-order valence-electron chi connectivity index (χ1n) is 8.16. The van der Waals surface area contributed by atoms with Gasteiger partial charge in [-0.3, -0.25) is 0 Å². The maximum atomic E-state index is 12.2. The number of carbonyl (C=O) groups excluding carboxylic acids is 1. The number of hydrogen-bond acceptors (Lipinski definition) is 5. The minimum Gasteiger partial charge on any atom is -0.423 e. The van der Waals surface area contributed by atoms with E-state index in [0.717, 1.165) is 5.56 Å². The summed E-state index contributed by atoms with van der Waals surface area (Å²) >= 11 is 5.82. The van der Waals surface area contributed by atoms with Crippen LogP contribution in [0.2, 0.25) is 5.02 Å². The van der Waals surface area contributed by atoms with E-state index in [1.54, 1.807) is 48.5 Å². The van der Waals surface area contributed by atoms with Crippen LogP contribution in [-0.4, -0.2) is 16.2 Å². The molecule has 0 aliphatic carbocycles. The summed E-state index contributed by atoms with van der Waals surface area (Å²) in [4.78, 5) is 12.2. The normalized spacial score (nSPS) is 10.6. The van der Waals surface area contributed by atoms with E-state index >= 15 is 0 Å². The highest BCUT2D eigenvalue weighted by Gasteiger charge is 2.13. The Balaban J connectivity index is 1.50. The zero-order valence-electron chi connectivity index (χ0n) is 14.0. The van der Waals surface area contributed by atoms with Crippen molar-refractivity contribution in [3.8, 4) is 28.7 Å². The molecule has 27 heavy (non-hydrogen) atoms. The molecule has 0 fully saturated rings. The van der Waals surface area contributed by atoms with Crippen molar-refractivity contribution in [1.29, 1.82) is 0 Å². The van der Waals surface area contributed by atoms with E-state index in [2.05, 4.69) is 10.2 Å². The summed E-state index contributed by atoms with van der Waals surface area (Å²) in [6, 6.07) is 22.9. The minimum atomic E-state index is -0.459. The van der Waals surface area contributed by atoms with Gasteiger partial charge in [0.2, 0.25) is 11.8 Å². The molecule has 0 bridgehead atoms. The molecule has 0 radical (unpaired) electrons. The maximum absolute atomic E-state index is 12.2. The van der Waals surface area contributed by atoms with Crippen molar-refractivity contribution in [3.63, 3.8) is 0 Å². The van der Waals surface area contributed by atoms with Gasteiger partial charge in [0.1, 0.15) is 5.75 Å². The molecule has 0 aliphatic rings. The lowest BCUT2D eigenvalue weighted by molar-refractivity contribution is 0.0735. The Kier molecular flexibility index (Phi) is 4.68. The fourth-order valence-electron chi connectivity index (χ4n) is 2.45. The molecule has 0 atom stereocenters. The second-order valence-electron chi connectivity index (χ2n) is 5.70. The highest BCUT2D eigenvalue weighted by Crippen LogP contribution is 2.24. The van der Waals surface area contributed by atoms with Crippen LogP contribution in [0.3, 0.4) is 0 Å². The van der Waals surface area contributed by atoms with Crippen LogP contribution >= 0.6 is 11.6 Å². The molecule has 132 valence electrons. The van der Waals surface area contributed by atoms with E-state index in [1.165, 1.54) is 0 Å². The molecule has 0 aliphatic heterocycles. The molecule has 3 aromatic carbocycles. The molecular formula is C21H13ClN2O3. The maximum Gasteiger partial charge on any atom is 0.343 e. The van der Waals surface area contributed by atoms with Crippen molar-refractivity contribution in [3.05, 3.63) is 89.4 Å². The van der Waals surface area contributed by atoms with Crippen LogP contribution in [0.4, 0.5) is 0 Å². The summed E-state index contributed by atoms with van der Waals surface area (Å²) in [6.07, 6.45) is 0. The van der Waals surface area contributed by atoms with Gasteiger partial charge in [-0.25, -0.2) is 4.79 Å². The predicted octanol–water partition coefficient (Wildman–Crippen LogP) is 5.28. The average molecular weight is 377 g/mol. The van der Waals surface area contributed by atoms with E-state index in [9.17, 15) is 4.79 Å². The fourth-order valence-corrected chi connectivity index (χ4v) is 2.58. The molecule has 0 saturated heterocycles. The molecule has 4 rings (SSSR count). The number of halogens is 1. The molecule has 0 spiro atoms. The lowest BCUT2D eigenvalue weighted by atomic mass is 10.1. The zero-order valence-corrected chi connectivity index (χ0v) is 14.8. The number of esters is 1. The topological polar surface area (TPSA) is 65.2 Å². The van der Waals surface area contributed by atoms with Gasteiger partial charge >= 0.3 is 5.97 Å². The van der Waals surface area contributed by atoms with E-state index in [-0.39, 0.29) is 0 Å². The first kappa shape index (κ1) is 17.0. The molecule has 6 heteroatoms. The Hall–Kier alpha value is -3.44. The van der Waals surface area contributed by atoms with Gasteiger partial charge in [-0.1, -0.05) is 29.8 Å². The lowest BCUT2D eigenvalue weighted by Crippen LogP contribution is -2.08. The van der Waals surface area contributed by atoms with Crippen molar-refractivity contribution >= 4 is 17.6 Å². The molecule has 0 unspecified atom stereocenters. The first-order valence-corrected chi connectivity index (χ1v) is 8.54. The third kappa shape index (κ3) is 3.88. The van der Waals surface area contributed by atoms with E-state index < -0.39 is 5.97 Å². The van der Waals surface area contributed by atoms with Gasteiger partial charge < -0.3 is 9.15 Å². The van der Waals surface area contributed by atoms with Crippen LogP contribution < -0.4 is 4.74 Å². The Morgan fingerprint density at radius 1 is 0.778 bits per heavy atom. The Morgan fingerprint density at radius 3 is 2.00 bits per heavy atom. The van der Waals surface area contributed by atoms with Gasteiger partial charge in [-0.15, -0.1) is 10.2 Å². The monoisotopic (exact) mass is 376 g/mol. The molecule has 0 N–H and O–H groups in total. The predicted molar refractivity (Wildman–Crippen MR) is 102 cm³/mol. The number of nitrogens with zero attached hydrogens (tertiary/aromatic N) is 2. The second-order valence-corrected chi connectivity index (χ2v) is 6.14. The van der Waals surface area contributed by atoms with Gasteiger partial charge in [0.15, 0.2) is 0 Å². The summed E-state index contributed by atoms with van der Waals surface area (Å²) in [5, 5.41) is 8.71. The summed E-state index contributed by atoms with van der Waals surface area (Å²) < 4.78 is 11.0. The van der Waals surface area contributed by atoms with Crippen LogP contribution in [0.5, 0.6) is 5.75 Å². The quantitative estimate of drug-likeness (QED) is 0.358. The van der Waals surface area contributed by atoms with Gasteiger partial charge in [-0.05, 0) is 60.7 Å². The van der Waals surface area contributed by atoms with E-state index in [1.807, 2.05) is 30.3 Å². The Bertz CT molecular complexity index is 1060. The molecule has 0 saturated carbocycles. The van der Waals surface area contributed by atoms with Gasteiger partial charge in [0.25, 0.3) is 0 Å². The zero-order chi connectivity index (χ0) is 18.6. The highest BCUT2D eigenvalue weighted by atomic mass is 35.5. The smallest absolute Gasteiger partial charge is 0.343 e. The number of hydrogen-bond donors (Lipinski definition) is 0. The number of rotatable bonds is 4. The van der Waals surface area contributed by atoms with E-state index in [0.29, 0.717) is 33.7 Å². The third-order valence-electron chi connectivity index (χ3n) is 3.84. The lowest BCUT2D eigenvalue weighted by Gasteiger charge is -2.04. The summed E-state index contributed by atoms with van der Waals surface area (Å²) in [5.74, 6) is 0.792. The number of carbonyl (C=O) groups is 1. The summed E-state index contributed by atoms with van der Waals surface area (Å²) in [6.45, 7) is 0. The standard InChI is InChI=1S/C21H13ClN2O3/c22-17-10-12-18(13-11-17)26-21(25)16-8-6-15(7-9-16)20-24-23-19(27-20)14-4-2-1-3-5-14/h1-13H. The fraction of sp³-hybridized carbons (Fsp3) is 0. The van der Waals surface area contributed by atoms with Crippen LogP contribution in [0.15, 0.2) is 83.3 Å². The van der Waals surface area contributed by atoms with E-state index in [4.69, 9.17) is 20.8 Å². The van der Waals surface area contributed by atoms with Crippen molar-refractivity contribution in [2.24, 2.45) is 0 Å². The Labute approximate surface area is 160 Å². The molecule has 4 aromatic rings. The molecule has 1 aromatic heterocycles. The molecule has 0 amide bonds. The van der Waals surface area contributed by atoms with Crippen molar-refractivity contribution < 1.29 is 13.9 Å². The second kappa shape index (κ2) is 7.43. The van der Waals surface area contributed by atoms with Gasteiger partial charge in [-0.2, -0.15) is 0 Å². The van der Waals surface area contributed by atoms with Crippen LogP contribution in [0.25, 0.3) is 22.9 Å².